The van der Waals surface area contributed by atoms with Crippen LogP contribution in [0.4, 0.5) is 11.4 Å². The molecule has 5 nitrogen and oxygen atoms in total. The van der Waals surface area contributed by atoms with Crippen LogP contribution in [0.5, 0.6) is 0 Å². The number of nitro benzene ring substituents is 1. The Morgan fingerprint density at radius 1 is 1.58 bits per heavy atom. The van der Waals surface area contributed by atoms with Gasteiger partial charge in [-0.3, -0.25) is 10.1 Å². The van der Waals surface area contributed by atoms with Crippen LogP contribution in [0.1, 0.15) is 38.4 Å². The molecule has 1 N–H and O–H groups in total. The fourth-order valence-corrected chi connectivity index (χ4v) is 2.60. The molecule has 19 heavy (non-hydrogen) atoms. The van der Waals surface area contributed by atoms with E-state index in [4.69, 9.17) is 0 Å². The lowest BCUT2D eigenvalue weighted by Crippen LogP contribution is -2.20. The number of rotatable bonds is 4. The summed E-state index contributed by atoms with van der Waals surface area (Å²) in [5.74, 6) is 0.621. The van der Waals surface area contributed by atoms with Crippen LogP contribution in [-0.4, -0.2) is 23.1 Å². The van der Waals surface area contributed by atoms with Crippen LogP contribution in [0.2, 0.25) is 0 Å². The van der Waals surface area contributed by atoms with E-state index in [2.05, 4.69) is 11.8 Å². The van der Waals surface area contributed by atoms with E-state index in [0.29, 0.717) is 17.2 Å². The van der Waals surface area contributed by atoms with E-state index in [9.17, 15) is 15.2 Å². The molecule has 1 saturated heterocycles. The summed E-state index contributed by atoms with van der Waals surface area (Å²) in [5, 5.41) is 20.7. The van der Waals surface area contributed by atoms with Crippen LogP contribution in [0.15, 0.2) is 18.2 Å². The normalized spacial score (nSPS) is 20.6. The third-order valence-corrected chi connectivity index (χ3v) is 3.88. The summed E-state index contributed by atoms with van der Waals surface area (Å²) in [5.41, 5.74) is 1.35. The topological polar surface area (TPSA) is 66.6 Å². The van der Waals surface area contributed by atoms with E-state index in [1.165, 1.54) is 6.07 Å². The molecule has 104 valence electrons. The summed E-state index contributed by atoms with van der Waals surface area (Å²) >= 11 is 0. The van der Waals surface area contributed by atoms with Crippen molar-refractivity contribution in [2.75, 3.05) is 18.0 Å². The van der Waals surface area contributed by atoms with Crippen molar-refractivity contribution in [2.24, 2.45) is 5.92 Å². The molecule has 5 heteroatoms. The highest BCUT2D eigenvalue weighted by molar-refractivity contribution is 5.65. The van der Waals surface area contributed by atoms with Gasteiger partial charge in [-0.2, -0.15) is 0 Å². The summed E-state index contributed by atoms with van der Waals surface area (Å²) in [7, 11) is 0. The van der Waals surface area contributed by atoms with Crippen LogP contribution in [0.3, 0.4) is 0 Å². The van der Waals surface area contributed by atoms with E-state index in [1.54, 1.807) is 19.1 Å². The van der Waals surface area contributed by atoms with E-state index < -0.39 is 6.10 Å². The van der Waals surface area contributed by atoms with Crippen molar-refractivity contribution in [3.8, 4) is 0 Å². The molecule has 2 unspecified atom stereocenters. The van der Waals surface area contributed by atoms with Gasteiger partial charge in [-0.15, -0.1) is 0 Å². The number of aliphatic hydroxyl groups excluding tert-OH is 1. The molecule has 2 atom stereocenters. The molecule has 1 heterocycles. The van der Waals surface area contributed by atoms with Crippen LogP contribution in [0, 0.1) is 16.0 Å². The van der Waals surface area contributed by atoms with Crippen LogP contribution < -0.4 is 4.90 Å². The molecule has 0 radical (unpaired) electrons. The fraction of sp³-hybridized carbons (Fsp3) is 0.571. The molecule has 0 spiro atoms. The molecule has 0 aromatic heterocycles. The summed E-state index contributed by atoms with van der Waals surface area (Å²) < 4.78 is 0. The first-order valence-electron chi connectivity index (χ1n) is 6.74. The Kier molecular flexibility index (Phi) is 4.04. The summed E-state index contributed by atoms with van der Waals surface area (Å²) in [6, 6.07) is 5.02. The Morgan fingerprint density at radius 2 is 2.32 bits per heavy atom. The third-order valence-electron chi connectivity index (χ3n) is 3.88. The van der Waals surface area contributed by atoms with Gasteiger partial charge in [-0.05, 0) is 30.9 Å². The second kappa shape index (κ2) is 5.57. The van der Waals surface area contributed by atoms with E-state index in [-0.39, 0.29) is 10.6 Å². The van der Waals surface area contributed by atoms with Crippen LogP contribution in [-0.2, 0) is 0 Å². The molecular weight excluding hydrogens is 244 g/mol. The summed E-state index contributed by atoms with van der Waals surface area (Å²) in [6.07, 6.45) is 1.51. The largest absolute Gasteiger partial charge is 0.389 e. The van der Waals surface area contributed by atoms with E-state index >= 15 is 0 Å². The van der Waals surface area contributed by atoms with Gasteiger partial charge in [0.1, 0.15) is 5.69 Å². The van der Waals surface area contributed by atoms with Crippen molar-refractivity contribution in [2.45, 2.75) is 32.8 Å². The van der Waals surface area contributed by atoms with Gasteiger partial charge in [0, 0.05) is 19.2 Å². The van der Waals surface area contributed by atoms with E-state index in [0.717, 1.165) is 25.9 Å². The van der Waals surface area contributed by atoms with Crippen molar-refractivity contribution >= 4 is 11.4 Å². The van der Waals surface area contributed by atoms with Crippen molar-refractivity contribution in [1.29, 1.82) is 0 Å². The van der Waals surface area contributed by atoms with Crippen molar-refractivity contribution in [3.63, 3.8) is 0 Å². The molecule has 1 aromatic carbocycles. The molecular formula is C14H20N2O3. The molecule has 1 aromatic rings. The average molecular weight is 264 g/mol. The number of hydrogen-bond donors (Lipinski definition) is 1. The predicted molar refractivity (Wildman–Crippen MR) is 74.3 cm³/mol. The maximum Gasteiger partial charge on any atom is 0.292 e. The maximum atomic E-state index is 11.2. The Labute approximate surface area is 113 Å². The molecule has 0 amide bonds. The van der Waals surface area contributed by atoms with Gasteiger partial charge in [0.25, 0.3) is 5.69 Å². The number of nitro groups is 1. The molecule has 1 aliphatic heterocycles. The molecule has 0 bridgehead atoms. The minimum Gasteiger partial charge on any atom is -0.389 e. The zero-order valence-corrected chi connectivity index (χ0v) is 11.4. The third kappa shape index (κ3) is 2.87. The minimum atomic E-state index is -0.685. The lowest BCUT2D eigenvalue weighted by molar-refractivity contribution is -0.384. The average Bonchev–Trinajstić information content (AvgIpc) is 2.86. The first-order chi connectivity index (χ1) is 9.02. The van der Waals surface area contributed by atoms with Crippen molar-refractivity contribution in [1.82, 2.24) is 0 Å². The highest BCUT2D eigenvalue weighted by Gasteiger charge is 2.27. The lowest BCUT2D eigenvalue weighted by atomic mass is 10.1. The Morgan fingerprint density at radius 3 is 2.84 bits per heavy atom. The quantitative estimate of drug-likeness (QED) is 0.670. The molecule has 0 saturated carbocycles. The van der Waals surface area contributed by atoms with Gasteiger partial charge in [-0.25, -0.2) is 0 Å². The standard InChI is InChI=1S/C14H20N2O3/c1-3-11-6-7-15(9-11)13-5-4-12(10(2)17)8-14(13)16(18)19/h4-5,8,10-11,17H,3,6-7,9H2,1-2H3. The van der Waals surface area contributed by atoms with Gasteiger partial charge in [0.05, 0.1) is 11.0 Å². The Hall–Kier alpha value is -1.62. The highest BCUT2D eigenvalue weighted by Crippen LogP contribution is 2.34. The van der Waals surface area contributed by atoms with Gasteiger partial charge in [0.2, 0.25) is 0 Å². The van der Waals surface area contributed by atoms with Gasteiger partial charge < -0.3 is 10.0 Å². The van der Waals surface area contributed by atoms with E-state index in [1.807, 2.05) is 0 Å². The smallest absolute Gasteiger partial charge is 0.292 e. The van der Waals surface area contributed by atoms with Gasteiger partial charge in [0.15, 0.2) is 0 Å². The number of anilines is 1. The van der Waals surface area contributed by atoms with Gasteiger partial charge in [-0.1, -0.05) is 19.4 Å². The number of benzene rings is 1. The zero-order chi connectivity index (χ0) is 14.0. The second-order valence-corrected chi connectivity index (χ2v) is 5.19. The van der Waals surface area contributed by atoms with Crippen LogP contribution in [0.25, 0.3) is 0 Å². The van der Waals surface area contributed by atoms with Crippen molar-refractivity contribution in [3.05, 3.63) is 33.9 Å². The second-order valence-electron chi connectivity index (χ2n) is 5.19. The molecule has 0 aliphatic carbocycles. The number of aliphatic hydroxyl groups is 1. The van der Waals surface area contributed by atoms with Crippen molar-refractivity contribution < 1.29 is 10.0 Å². The SMILES string of the molecule is CCC1CCN(c2ccc(C(C)O)cc2[N+](=O)[O-])C1. The highest BCUT2D eigenvalue weighted by atomic mass is 16.6. The summed E-state index contributed by atoms with van der Waals surface area (Å²) in [6.45, 7) is 5.51. The zero-order valence-electron chi connectivity index (χ0n) is 11.4. The summed E-state index contributed by atoms with van der Waals surface area (Å²) in [4.78, 5) is 12.9. The maximum absolute atomic E-state index is 11.2. The monoisotopic (exact) mass is 264 g/mol. The minimum absolute atomic E-state index is 0.0927. The Balaban J connectivity index is 2.32. The fourth-order valence-electron chi connectivity index (χ4n) is 2.60. The first-order valence-corrected chi connectivity index (χ1v) is 6.74. The number of nitrogens with zero attached hydrogens (tertiary/aromatic N) is 2. The number of hydrogen-bond acceptors (Lipinski definition) is 4. The Bertz CT molecular complexity index is 474. The molecule has 1 fully saturated rings. The van der Waals surface area contributed by atoms with Gasteiger partial charge >= 0.3 is 0 Å². The molecule has 2 rings (SSSR count). The predicted octanol–water partition coefficient (Wildman–Crippen LogP) is 2.88. The molecule has 1 aliphatic rings. The lowest BCUT2D eigenvalue weighted by Gasteiger charge is -2.19. The first kappa shape index (κ1) is 13.8. The van der Waals surface area contributed by atoms with Crippen LogP contribution >= 0.6 is 0 Å².